The van der Waals surface area contributed by atoms with E-state index in [4.69, 9.17) is 5.73 Å². The minimum atomic E-state index is -0.444. The van der Waals surface area contributed by atoms with Gasteiger partial charge in [0.2, 0.25) is 5.91 Å². The Morgan fingerprint density at radius 3 is 2.62 bits per heavy atom. The van der Waals surface area contributed by atoms with E-state index in [0.29, 0.717) is 13.0 Å². The van der Waals surface area contributed by atoms with E-state index in [1.807, 2.05) is 24.3 Å². The molecular weight excluding hydrogens is 348 g/mol. The quantitative estimate of drug-likeness (QED) is 0.790. The van der Waals surface area contributed by atoms with E-state index in [1.54, 1.807) is 11.3 Å². The summed E-state index contributed by atoms with van der Waals surface area (Å²) in [5.74, 6) is -0.0680. The van der Waals surface area contributed by atoms with Crippen molar-refractivity contribution < 1.29 is 4.79 Å². The molecule has 1 amide bonds. The first-order valence-corrected chi connectivity index (χ1v) is 8.57. The van der Waals surface area contributed by atoms with Gasteiger partial charge in [-0.15, -0.1) is 11.3 Å². The number of halogens is 1. The monoisotopic (exact) mass is 366 g/mol. The molecule has 0 radical (unpaired) electrons. The molecular formula is C16H19BrN2OS. The number of benzene rings is 1. The first-order chi connectivity index (χ1) is 10.1. The van der Waals surface area contributed by atoms with Crippen LogP contribution in [-0.2, 0) is 17.6 Å². The molecule has 0 fully saturated rings. The Bertz CT molecular complexity index is 571. The van der Waals surface area contributed by atoms with E-state index in [9.17, 15) is 4.79 Å². The fraction of sp³-hybridized carbons (Fsp3) is 0.312. The lowest BCUT2D eigenvalue weighted by Crippen LogP contribution is -2.41. The van der Waals surface area contributed by atoms with Gasteiger partial charge >= 0.3 is 0 Å². The zero-order valence-corrected chi connectivity index (χ0v) is 14.1. The van der Waals surface area contributed by atoms with Crippen molar-refractivity contribution in [1.29, 1.82) is 0 Å². The minimum Gasteiger partial charge on any atom is -0.354 e. The highest BCUT2D eigenvalue weighted by Gasteiger charge is 2.12. The molecule has 0 unspecified atom stereocenters. The maximum Gasteiger partial charge on any atom is 0.236 e. The number of hydrogen-bond acceptors (Lipinski definition) is 3. The first-order valence-electron chi connectivity index (χ1n) is 6.96. The molecule has 21 heavy (non-hydrogen) atoms. The maximum absolute atomic E-state index is 11.9. The summed E-state index contributed by atoms with van der Waals surface area (Å²) in [5, 5.41) is 2.90. The Balaban J connectivity index is 1.67. The van der Waals surface area contributed by atoms with Crippen molar-refractivity contribution in [3.05, 3.63) is 56.7 Å². The summed E-state index contributed by atoms with van der Waals surface area (Å²) in [5.41, 5.74) is 7.14. The molecule has 0 aliphatic rings. The average Bonchev–Trinajstić information content (AvgIpc) is 2.91. The summed E-state index contributed by atoms with van der Waals surface area (Å²) in [4.78, 5) is 13.2. The first kappa shape index (κ1) is 16.2. The number of amides is 1. The number of carbonyl (C=O) groups excluding carboxylic acids is 1. The highest BCUT2D eigenvalue weighted by molar-refractivity contribution is 9.11. The molecule has 0 aliphatic carbocycles. The number of nitrogens with two attached hydrogens (primary N) is 1. The average molecular weight is 367 g/mol. The van der Waals surface area contributed by atoms with Crippen molar-refractivity contribution in [1.82, 2.24) is 5.32 Å². The van der Waals surface area contributed by atoms with Gasteiger partial charge < -0.3 is 11.1 Å². The van der Waals surface area contributed by atoms with Crippen LogP contribution in [0.4, 0.5) is 0 Å². The van der Waals surface area contributed by atoms with Gasteiger partial charge in [-0.2, -0.15) is 0 Å². The Labute approximate surface area is 137 Å². The van der Waals surface area contributed by atoms with Crippen molar-refractivity contribution in [2.75, 3.05) is 6.54 Å². The summed E-state index contributed by atoms with van der Waals surface area (Å²) in [6, 6.07) is 13.7. The van der Waals surface area contributed by atoms with E-state index in [-0.39, 0.29) is 5.91 Å². The molecule has 1 aromatic heterocycles. The second-order valence-electron chi connectivity index (χ2n) is 4.88. The van der Waals surface area contributed by atoms with Crippen LogP contribution in [0.15, 0.2) is 46.3 Å². The van der Waals surface area contributed by atoms with E-state index >= 15 is 0 Å². The number of carbonyl (C=O) groups is 1. The second kappa shape index (κ2) is 8.32. The number of nitrogens with one attached hydrogen (secondary N) is 1. The molecule has 2 aromatic rings. The van der Waals surface area contributed by atoms with Gasteiger partial charge in [-0.3, -0.25) is 4.79 Å². The van der Waals surface area contributed by atoms with Gasteiger partial charge in [0.25, 0.3) is 0 Å². The molecule has 0 spiro atoms. The molecule has 0 aliphatic heterocycles. The van der Waals surface area contributed by atoms with Gasteiger partial charge in [0, 0.05) is 11.4 Å². The van der Waals surface area contributed by atoms with Crippen molar-refractivity contribution >= 4 is 33.2 Å². The summed E-state index contributed by atoms with van der Waals surface area (Å²) in [7, 11) is 0. The SMILES string of the molecule is N[C@@H](CCc1ccccc1)C(=O)NCCc1ccc(Br)s1. The zero-order chi connectivity index (χ0) is 15.1. The van der Waals surface area contributed by atoms with Crippen LogP contribution < -0.4 is 11.1 Å². The van der Waals surface area contributed by atoms with Gasteiger partial charge in [0.15, 0.2) is 0 Å². The third-order valence-electron chi connectivity index (χ3n) is 3.22. The Hall–Kier alpha value is -1.17. The van der Waals surface area contributed by atoms with Crippen LogP contribution >= 0.6 is 27.3 Å². The molecule has 112 valence electrons. The largest absolute Gasteiger partial charge is 0.354 e. The predicted molar refractivity (Wildman–Crippen MR) is 91.5 cm³/mol. The van der Waals surface area contributed by atoms with Crippen LogP contribution in [0.25, 0.3) is 0 Å². The zero-order valence-electron chi connectivity index (χ0n) is 11.7. The fourth-order valence-corrected chi connectivity index (χ4v) is 3.51. The molecule has 3 N–H and O–H groups in total. The number of rotatable bonds is 7. The van der Waals surface area contributed by atoms with Crippen LogP contribution in [0.3, 0.4) is 0 Å². The smallest absolute Gasteiger partial charge is 0.236 e. The lowest BCUT2D eigenvalue weighted by Gasteiger charge is -2.12. The molecule has 1 aromatic carbocycles. The summed E-state index contributed by atoms with van der Waals surface area (Å²) >= 11 is 5.12. The lowest BCUT2D eigenvalue weighted by atomic mass is 10.1. The maximum atomic E-state index is 11.9. The summed E-state index contributed by atoms with van der Waals surface area (Å²) < 4.78 is 1.11. The van der Waals surface area contributed by atoms with Crippen molar-refractivity contribution in [3.8, 4) is 0 Å². The Morgan fingerprint density at radius 2 is 1.95 bits per heavy atom. The molecule has 0 bridgehead atoms. The van der Waals surface area contributed by atoms with E-state index in [0.717, 1.165) is 16.6 Å². The fourth-order valence-electron chi connectivity index (χ4n) is 2.02. The van der Waals surface area contributed by atoms with Crippen LogP contribution in [0, 0.1) is 0 Å². The summed E-state index contributed by atoms with van der Waals surface area (Å²) in [6.45, 7) is 0.630. The van der Waals surface area contributed by atoms with E-state index in [1.165, 1.54) is 10.4 Å². The number of hydrogen-bond donors (Lipinski definition) is 2. The molecule has 0 saturated carbocycles. The van der Waals surface area contributed by atoms with Gasteiger partial charge in [-0.05, 0) is 52.9 Å². The highest BCUT2D eigenvalue weighted by Crippen LogP contribution is 2.22. The normalized spacial score (nSPS) is 12.1. The molecule has 3 nitrogen and oxygen atoms in total. The van der Waals surface area contributed by atoms with Crippen LogP contribution in [-0.4, -0.2) is 18.5 Å². The Kier molecular flexibility index (Phi) is 6.42. The van der Waals surface area contributed by atoms with Gasteiger partial charge in [0.05, 0.1) is 9.83 Å². The Morgan fingerprint density at radius 1 is 1.19 bits per heavy atom. The minimum absolute atomic E-state index is 0.0680. The lowest BCUT2D eigenvalue weighted by molar-refractivity contribution is -0.122. The molecule has 0 saturated heterocycles. The molecule has 1 heterocycles. The number of thiophene rings is 1. The molecule has 5 heteroatoms. The summed E-state index contributed by atoms with van der Waals surface area (Å²) in [6.07, 6.45) is 2.33. The van der Waals surface area contributed by atoms with Crippen molar-refractivity contribution in [2.24, 2.45) is 5.73 Å². The van der Waals surface area contributed by atoms with Crippen LogP contribution in [0.1, 0.15) is 16.9 Å². The van der Waals surface area contributed by atoms with E-state index in [2.05, 4.69) is 39.4 Å². The van der Waals surface area contributed by atoms with Gasteiger partial charge in [-0.25, -0.2) is 0 Å². The van der Waals surface area contributed by atoms with Crippen LogP contribution in [0.2, 0.25) is 0 Å². The van der Waals surface area contributed by atoms with Gasteiger partial charge in [-0.1, -0.05) is 30.3 Å². The number of aryl methyl sites for hydroxylation is 1. The van der Waals surface area contributed by atoms with Crippen LogP contribution in [0.5, 0.6) is 0 Å². The van der Waals surface area contributed by atoms with E-state index < -0.39 is 6.04 Å². The van der Waals surface area contributed by atoms with Gasteiger partial charge in [0.1, 0.15) is 0 Å². The third kappa shape index (κ3) is 5.61. The molecule has 1 atom stereocenters. The topological polar surface area (TPSA) is 55.1 Å². The van der Waals surface area contributed by atoms with Crippen molar-refractivity contribution in [3.63, 3.8) is 0 Å². The predicted octanol–water partition coefficient (Wildman–Crippen LogP) is 3.13. The molecule has 2 rings (SSSR count). The second-order valence-corrected chi connectivity index (χ2v) is 7.43. The van der Waals surface area contributed by atoms with Crippen molar-refractivity contribution in [2.45, 2.75) is 25.3 Å². The third-order valence-corrected chi connectivity index (χ3v) is 4.91. The standard InChI is InChI=1S/C16H19BrN2OS/c17-15-9-7-13(21-15)10-11-19-16(20)14(18)8-6-12-4-2-1-3-5-12/h1-5,7,9,14H,6,8,10-11,18H2,(H,19,20)/t14-/m0/s1. The highest BCUT2D eigenvalue weighted by atomic mass is 79.9.